The molecule has 132 valence electrons. The minimum Gasteiger partial charge on any atom is -0.495 e. The number of halogens is 1. The Balaban J connectivity index is 1.79. The van der Waals surface area contributed by atoms with Gasteiger partial charge in [0.2, 0.25) is 0 Å². The Hall–Kier alpha value is -3.39. The second-order valence-electron chi connectivity index (χ2n) is 5.23. The summed E-state index contributed by atoms with van der Waals surface area (Å²) >= 11 is 6.03. The highest BCUT2D eigenvalue weighted by Crippen LogP contribution is 2.27. The van der Waals surface area contributed by atoms with Crippen LogP contribution in [-0.4, -0.2) is 27.7 Å². The molecule has 1 amide bonds. The van der Waals surface area contributed by atoms with Crippen LogP contribution in [0, 0.1) is 10.1 Å². The number of benzene rings is 2. The second kappa shape index (κ2) is 7.24. The number of rotatable bonds is 5. The average molecular weight is 373 g/mol. The van der Waals surface area contributed by atoms with E-state index in [1.165, 1.54) is 30.0 Å². The Labute approximate surface area is 153 Å². The van der Waals surface area contributed by atoms with Crippen LogP contribution in [0.1, 0.15) is 10.5 Å². The number of methoxy groups -OCH3 is 1. The first kappa shape index (κ1) is 17.4. The Morgan fingerprint density at radius 2 is 2.08 bits per heavy atom. The number of anilines is 1. The molecule has 1 heterocycles. The highest BCUT2D eigenvalue weighted by atomic mass is 35.5. The third kappa shape index (κ3) is 3.65. The van der Waals surface area contributed by atoms with Crippen molar-refractivity contribution in [2.24, 2.45) is 0 Å². The van der Waals surface area contributed by atoms with E-state index in [0.29, 0.717) is 22.1 Å². The van der Waals surface area contributed by atoms with Crippen LogP contribution in [0.3, 0.4) is 0 Å². The molecule has 2 aromatic carbocycles. The van der Waals surface area contributed by atoms with E-state index in [9.17, 15) is 14.9 Å². The number of hydrogen-bond donors (Lipinski definition) is 1. The molecule has 3 rings (SSSR count). The molecule has 0 fully saturated rings. The Morgan fingerprint density at radius 1 is 1.27 bits per heavy atom. The number of nitro benzene ring substituents is 1. The minimum absolute atomic E-state index is 0.0584. The predicted molar refractivity (Wildman–Crippen MR) is 96.2 cm³/mol. The topological polar surface area (TPSA) is 99.3 Å². The fourth-order valence-electron chi connectivity index (χ4n) is 2.28. The fourth-order valence-corrected chi connectivity index (χ4v) is 2.53. The highest BCUT2D eigenvalue weighted by molar-refractivity contribution is 6.32. The minimum atomic E-state index is -0.492. The van der Waals surface area contributed by atoms with E-state index in [2.05, 4.69) is 10.4 Å². The number of aromatic nitrogens is 2. The van der Waals surface area contributed by atoms with Gasteiger partial charge in [-0.1, -0.05) is 17.7 Å². The number of hydrogen-bond acceptors (Lipinski definition) is 5. The average Bonchev–Trinajstić information content (AvgIpc) is 3.12. The van der Waals surface area contributed by atoms with Gasteiger partial charge in [0, 0.05) is 24.0 Å². The second-order valence-corrected chi connectivity index (χ2v) is 5.63. The van der Waals surface area contributed by atoms with Crippen molar-refractivity contribution in [1.29, 1.82) is 0 Å². The van der Waals surface area contributed by atoms with Crippen LogP contribution in [0.5, 0.6) is 5.75 Å². The highest BCUT2D eigenvalue weighted by Gasteiger charge is 2.13. The normalized spacial score (nSPS) is 10.4. The molecule has 0 aliphatic heterocycles. The number of carbonyl (C=O) groups is 1. The Kier molecular flexibility index (Phi) is 4.85. The molecule has 0 bridgehead atoms. The van der Waals surface area contributed by atoms with Gasteiger partial charge in [0.25, 0.3) is 11.6 Å². The van der Waals surface area contributed by atoms with Crippen molar-refractivity contribution >= 4 is 28.9 Å². The summed E-state index contributed by atoms with van der Waals surface area (Å²) in [4.78, 5) is 22.7. The van der Waals surface area contributed by atoms with Crippen LogP contribution in [0.4, 0.5) is 11.4 Å². The van der Waals surface area contributed by atoms with Gasteiger partial charge in [0.05, 0.1) is 22.7 Å². The molecular formula is C17H13ClN4O4. The van der Waals surface area contributed by atoms with Gasteiger partial charge in [0.1, 0.15) is 5.75 Å². The van der Waals surface area contributed by atoms with Crippen LogP contribution in [0.25, 0.3) is 5.69 Å². The molecule has 0 atom stereocenters. The quantitative estimate of drug-likeness (QED) is 0.543. The lowest BCUT2D eigenvalue weighted by molar-refractivity contribution is -0.384. The SMILES string of the molecule is COc1ccc(NC(=O)c2ccn(-c3cccc([N+](=O)[O-])c3)n2)cc1Cl. The smallest absolute Gasteiger partial charge is 0.276 e. The molecular weight excluding hydrogens is 360 g/mol. The van der Waals surface area contributed by atoms with Crippen molar-refractivity contribution in [3.05, 3.63) is 75.6 Å². The molecule has 8 nitrogen and oxygen atoms in total. The molecule has 3 aromatic rings. The molecule has 0 spiro atoms. The van der Waals surface area contributed by atoms with E-state index in [1.807, 2.05) is 0 Å². The number of nitro groups is 1. The van der Waals surface area contributed by atoms with Crippen molar-refractivity contribution in [2.45, 2.75) is 0 Å². The van der Waals surface area contributed by atoms with Crippen molar-refractivity contribution in [3.8, 4) is 11.4 Å². The summed E-state index contributed by atoms with van der Waals surface area (Å²) < 4.78 is 6.45. The summed E-state index contributed by atoms with van der Waals surface area (Å²) in [7, 11) is 1.50. The zero-order chi connectivity index (χ0) is 18.7. The van der Waals surface area contributed by atoms with E-state index in [-0.39, 0.29) is 11.4 Å². The zero-order valence-electron chi connectivity index (χ0n) is 13.5. The van der Waals surface area contributed by atoms with Gasteiger partial charge >= 0.3 is 0 Å². The van der Waals surface area contributed by atoms with Gasteiger partial charge in [-0.05, 0) is 30.3 Å². The van der Waals surface area contributed by atoms with Crippen molar-refractivity contribution in [2.75, 3.05) is 12.4 Å². The number of carbonyl (C=O) groups excluding carboxylic acids is 1. The Bertz CT molecular complexity index is 986. The summed E-state index contributed by atoms with van der Waals surface area (Å²) in [6, 6.07) is 12.3. The summed E-state index contributed by atoms with van der Waals surface area (Å²) in [5.41, 5.74) is 1.07. The summed E-state index contributed by atoms with van der Waals surface area (Å²) in [5.74, 6) is 0.0648. The molecule has 0 unspecified atom stereocenters. The van der Waals surface area contributed by atoms with Gasteiger partial charge < -0.3 is 10.1 Å². The molecule has 0 saturated carbocycles. The van der Waals surface area contributed by atoms with Gasteiger partial charge in [-0.2, -0.15) is 5.10 Å². The summed E-state index contributed by atoms with van der Waals surface area (Å²) in [6.07, 6.45) is 1.55. The van der Waals surface area contributed by atoms with Gasteiger partial charge in [-0.15, -0.1) is 0 Å². The first-order valence-electron chi connectivity index (χ1n) is 7.43. The molecule has 9 heteroatoms. The molecule has 0 aliphatic carbocycles. The molecule has 26 heavy (non-hydrogen) atoms. The predicted octanol–water partition coefficient (Wildman–Crippen LogP) is 3.69. The summed E-state index contributed by atoms with van der Waals surface area (Å²) in [5, 5.41) is 18.1. The molecule has 1 aromatic heterocycles. The van der Waals surface area contributed by atoms with Gasteiger partial charge in [-0.3, -0.25) is 14.9 Å². The van der Waals surface area contributed by atoms with Crippen LogP contribution in [-0.2, 0) is 0 Å². The van der Waals surface area contributed by atoms with E-state index in [4.69, 9.17) is 16.3 Å². The maximum absolute atomic E-state index is 12.3. The van der Waals surface area contributed by atoms with Crippen LogP contribution in [0.2, 0.25) is 5.02 Å². The monoisotopic (exact) mass is 372 g/mol. The molecule has 0 saturated heterocycles. The Morgan fingerprint density at radius 3 is 2.77 bits per heavy atom. The zero-order valence-corrected chi connectivity index (χ0v) is 14.3. The molecule has 1 N–H and O–H groups in total. The number of non-ortho nitro benzene ring substituents is 1. The van der Waals surface area contributed by atoms with Crippen molar-refractivity contribution in [1.82, 2.24) is 9.78 Å². The number of amides is 1. The van der Waals surface area contributed by atoms with E-state index in [0.717, 1.165) is 0 Å². The van der Waals surface area contributed by atoms with Crippen LogP contribution in [0.15, 0.2) is 54.7 Å². The lowest BCUT2D eigenvalue weighted by Gasteiger charge is -2.07. The van der Waals surface area contributed by atoms with Crippen molar-refractivity contribution in [3.63, 3.8) is 0 Å². The molecule has 0 aliphatic rings. The fraction of sp³-hybridized carbons (Fsp3) is 0.0588. The maximum atomic E-state index is 12.3. The number of nitrogens with zero attached hydrogens (tertiary/aromatic N) is 3. The number of ether oxygens (including phenoxy) is 1. The summed E-state index contributed by atoms with van der Waals surface area (Å²) in [6.45, 7) is 0. The third-order valence-electron chi connectivity index (χ3n) is 3.54. The van der Waals surface area contributed by atoms with Crippen molar-refractivity contribution < 1.29 is 14.5 Å². The van der Waals surface area contributed by atoms with E-state index in [1.54, 1.807) is 36.5 Å². The maximum Gasteiger partial charge on any atom is 0.276 e. The number of nitrogens with one attached hydrogen (secondary N) is 1. The largest absolute Gasteiger partial charge is 0.495 e. The first-order valence-corrected chi connectivity index (χ1v) is 7.81. The van der Waals surface area contributed by atoms with E-state index >= 15 is 0 Å². The van der Waals surface area contributed by atoms with Crippen LogP contribution < -0.4 is 10.1 Å². The van der Waals surface area contributed by atoms with E-state index < -0.39 is 10.8 Å². The van der Waals surface area contributed by atoms with Gasteiger partial charge in [0.15, 0.2) is 5.69 Å². The van der Waals surface area contributed by atoms with Gasteiger partial charge in [-0.25, -0.2) is 4.68 Å². The lowest BCUT2D eigenvalue weighted by atomic mass is 10.3. The lowest BCUT2D eigenvalue weighted by Crippen LogP contribution is -2.13. The third-order valence-corrected chi connectivity index (χ3v) is 3.83. The van der Waals surface area contributed by atoms with Crippen LogP contribution >= 0.6 is 11.6 Å². The standard InChI is InChI=1S/C17H13ClN4O4/c1-26-16-6-5-11(9-14(16)18)19-17(23)15-7-8-21(20-15)12-3-2-4-13(10-12)22(24)25/h2-10H,1H3,(H,19,23). The molecule has 0 radical (unpaired) electrons. The first-order chi connectivity index (χ1) is 12.5.